The summed E-state index contributed by atoms with van der Waals surface area (Å²) in [7, 11) is 0. The Kier molecular flexibility index (Phi) is 3.27. The van der Waals surface area contributed by atoms with E-state index in [-0.39, 0.29) is 17.1 Å². The third kappa shape index (κ3) is 2.55. The second kappa shape index (κ2) is 5.32. The number of ether oxygens (including phenoxy) is 1. The van der Waals surface area contributed by atoms with Crippen molar-refractivity contribution in [2.24, 2.45) is 0 Å². The molecule has 118 valence electrons. The highest BCUT2D eigenvalue weighted by Gasteiger charge is 2.37. The summed E-state index contributed by atoms with van der Waals surface area (Å²) in [6, 6.07) is 12.4. The SMILES string of the molecule is Oc1ccc(C2=CC3(CCCNC3)Oc3ccc(O)cc32)cc1. The van der Waals surface area contributed by atoms with Gasteiger partial charge < -0.3 is 20.3 Å². The number of phenolic OH excluding ortho intramolecular Hbond substituents is 2. The standard InChI is InChI=1S/C19H19NO3/c21-14-4-2-13(3-5-14)17-11-19(8-1-9-20-12-19)23-18-7-6-15(22)10-16(17)18/h2-7,10-11,20-22H,1,8-9,12H2. The van der Waals surface area contributed by atoms with Crippen LogP contribution < -0.4 is 10.1 Å². The quantitative estimate of drug-likeness (QED) is 0.758. The first kappa shape index (κ1) is 14.2. The molecule has 2 aromatic carbocycles. The molecule has 0 aromatic heterocycles. The third-order valence-electron chi connectivity index (χ3n) is 4.53. The van der Waals surface area contributed by atoms with E-state index in [9.17, 15) is 10.2 Å². The normalized spacial score (nSPS) is 23.0. The van der Waals surface area contributed by atoms with Crippen LogP contribution in [0, 0.1) is 0 Å². The van der Waals surface area contributed by atoms with E-state index in [0.29, 0.717) is 0 Å². The Morgan fingerprint density at radius 3 is 2.52 bits per heavy atom. The lowest BCUT2D eigenvalue weighted by atomic mass is 9.84. The molecule has 0 bridgehead atoms. The molecule has 1 spiro atoms. The summed E-state index contributed by atoms with van der Waals surface area (Å²) < 4.78 is 6.29. The molecule has 1 atom stereocenters. The van der Waals surface area contributed by atoms with E-state index in [2.05, 4.69) is 11.4 Å². The van der Waals surface area contributed by atoms with Gasteiger partial charge in [-0.25, -0.2) is 0 Å². The van der Waals surface area contributed by atoms with Crippen molar-refractivity contribution in [3.05, 3.63) is 59.7 Å². The maximum atomic E-state index is 9.86. The van der Waals surface area contributed by atoms with Gasteiger partial charge in [0.15, 0.2) is 0 Å². The van der Waals surface area contributed by atoms with Gasteiger partial charge in [0.05, 0.1) is 0 Å². The molecule has 1 unspecified atom stereocenters. The molecule has 2 aromatic rings. The van der Waals surface area contributed by atoms with Crippen LogP contribution in [0.4, 0.5) is 0 Å². The monoisotopic (exact) mass is 309 g/mol. The number of rotatable bonds is 1. The third-order valence-corrected chi connectivity index (χ3v) is 4.53. The molecule has 4 rings (SSSR count). The summed E-state index contributed by atoms with van der Waals surface area (Å²) in [5, 5.41) is 22.8. The predicted molar refractivity (Wildman–Crippen MR) is 88.8 cm³/mol. The highest BCUT2D eigenvalue weighted by atomic mass is 16.5. The van der Waals surface area contributed by atoms with Crippen LogP contribution in [0.1, 0.15) is 24.0 Å². The minimum Gasteiger partial charge on any atom is -0.508 e. The lowest BCUT2D eigenvalue weighted by Gasteiger charge is -2.40. The van der Waals surface area contributed by atoms with Crippen LogP contribution in [0.2, 0.25) is 0 Å². The van der Waals surface area contributed by atoms with Gasteiger partial charge in [-0.3, -0.25) is 0 Å². The molecule has 0 saturated carbocycles. The number of fused-ring (bicyclic) bond motifs is 1. The molecule has 3 N–H and O–H groups in total. The van der Waals surface area contributed by atoms with Crippen molar-refractivity contribution < 1.29 is 14.9 Å². The Bertz CT molecular complexity index is 759. The fourth-order valence-corrected chi connectivity index (χ4v) is 3.40. The summed E-state index contributed by atoms with van der Waals surface area (Å²) in [5.41, 5.74) is 2.57. The fourth-order valence-electron chi connectivity index (χ4n) is 3.40. The Morgan fingerprint density at radius 1 is 1.00 bits per heavy atom. The van der Waals surface area contributed by atoms with E-state index in [1.54, 1.807) is 24.3 Å². The summed E-state index contributed by atoms with van der Waals surface area (Å²) >= 11 is 0. The molecule has 1 fully saturated rings. The highest BCUT2D eigenvalue weighted by molar-refractivity contribution is 5.85. The first-order valence-electron chi connectivity index (χ1n) is 7.91. The van der Waals surface area contributed by atoms with Crippen LogP contribution in [-0.2, 0) is 0 Å². The lowest BCUT2D eigenvalue weighted by Crippen LogP contribution is -2.49. The van der Waals surface area contributed by atoms with Gasteiger partial charge in [0.2, 0.25) is 0 Å². The zero-order chi connectivity index (χ0) is 15.9. The molecule has 0 radical (unpaired) electrons. The van der Waals surface area contributed by atoms with Crippen LogP contribution in [0.5, 0.6) is 17.2 Å². The second-order valence-electron chi connectivity index (χ2n) is 6.23. The van der Waals surface area contributed by atoms with E-state index >= 15 is 0 Å². The largest absolute Gasteiger partial charge is 0.508 e. The Morgan fingerprint density at radius 2 is 1.78 bits per heavy atom. The molecular formula is C19H19NO3. The second-order valence-corrected chi connectivity index (χ2v) is 6.23. The summed E-state index contributed by atoms with van der Waals surface area (Å²) in [5.74, 6) is 1.25. The van der Waals surface area contributed by atoms with Gasteiger partial charge in [-0.05, 0) is 66.9 Å². The summed E-state index contributed by atoms with van der Waals surface area (Å²) in [4.78, 5) is 0. The van der Waals surface area contributed by atoms with Crippen molar-refractivity contribution in [1.82, 2.24) is 5.32 Å². The van der Waals surface area contributed by atoms with Crippen molar-refractivity contribution in [2.45, 2.75) is 18.4 Å². The number of piperidine rings is 1. The van der Waals surface area contributed by atoms with E-state index in [4.69, 9.17) is 4.74 Å². The number of phenols is 2. The van der Waals surface area contributed by atoms with Gasteiger partial charge in [-0.1, -0.05) is 12.1 Å². The first-order valence-corrected chi connectivity index (χ1v) is 7.91. The molecule has 2 aliphatic rings. The van der Waals surface area contributed by atoms with Crippen LogP contribution >= 0.6 is 0 Å². The van der Waals surface area contributed by atoms with Gasteiger partial charge in [0, 0.05) is 12.1 Å². The van der Waals surface area contributed by atoms with Crippen molar-refractivity contribution in [1.29, 1.82) is 0 Å². The molecule has 0 aliphatic carbocycles. The van der Waals surface area contributed by atoms with Crippen molar-refractivity contribution >= 4 is 5.57 Å². The molecule has 2 aliphatic heterocycles. The highest BCUT2D eigenvalue weighted by Crippen LogP contribution is 2.43. The van der Waals surface area contributed by atoms with Gasteiger partial charge in [-0.15, -0.1) is 0 Å². The number of benzene rings is 2. The molecule has 1 saturated heterocycles. The molecule has 23 heavy (non-hydrogen) atoms. The molecule has 4 heteroatoms. The Labute approximate surface area is 135 Å². The van der Waals surface area contributed by atoms with Crippen LogP contribution in [0.15, 0.2) is 48.5 Å². The van der Waals surface area contributed by atoms with Gasteiger partial charge >= 0.3 is 0 Å². The van der Waals surface area contributed by atoms with E-state index in [1.807, 2.05) is 18.2 Å². The maximum absolute atomic E-state index is 9.86. The molecular weight excluding hydrogens is 290 g/mol. The maximum Gasteiger partial charge on any atom is 0.140 e. The zero-order valence-corrected chi connectivity index (χ0v) is 12.7. The smallest absolute Gasteiger partial charge is 0.140 e. The Balaban J connectivity index is 1.87. The average molecular weight is 309 g/mol. The van der Waals surface area contributed by atoms with E-state index < -0.39 is 0 Å². The Hall–Kier alpha value is -2.46. The minimum atomic E-state index is -0.352. The van der Waals surface area contributed by atoms with Gasteiger partial charge in [0.1, 0.15) is 22.8 Å². The minimum absolute atomic E-state index is 0.217. The number of aromatic hydroxyl groups is 2. The van der Waals surface area contributed by atoms with E-state index in [1.165, 1.54) is 0 Å². The van der Waals surface area contributed by atoms with Crippen molar-refractivity contribution in [3.8, 4) is 17.2 Å². The fraction of sp³-hybridized carbons (Fsp3) is 0.263. The first-order chi connectivity index (χ1) is 11.2. The van der Waals surface area contributed by atoms with Crippen LogP contribution in [0.3, 0.4) is 0 Å². The average Bonchev–Trinajstić information content (AvgIpc) is 2.56. The van der Waals surface area contributed by atoms with Crippen molar-refractivity contribution in [3.63, 3.8) is 0 Å². The number of hydrogen-bond donors (Lipinski definition) is 3. The van der Waals surface area contributed by atoms with Crippen LogP contribution in [0.25, 0.3) is 5.57 Å². The lowest BCUT2D eigenvalue weighted by molar-refractivity contribution is 0.0872. The molecule has 2 heterocycles. The van der Waals surface area contributed by atoms with Crippen molar-refractivity contribution in [2.75, 3.05) is 13.1 Å². The summed E-state index contributed by atoms with van der Waals surface area (Å²) in [6.45, 7) is 1.78. The van der Waals surface area contributed by atoms with Gasteiger partial charge in [-0.2, -0.15) is 0 Å². The number of nitrogens with one attached hydrogen (secondary N) is 1. The zero-order valence-electron chi connectivity index (χ0n) is 12.7. The predicted octanol–water partition coefficient (Wildman–Crippen LogP) is 3.04. The van der Waals surface area contributed by atoms with Crippen LogP contribution in [-0.4, -0.2) is 28.9 Å². The molecule has 4 nitrogen and oxygen atoms in total. The number of hydrogen-bond acceptors (Lipinski definition) is 4. The van der Waals surface area contributed by atoms with E-state index in [0.717, 1.165) is 48.4 Å². The molecule has 0 amide bonds. The van der Waals surface area contributed by atoms with Gasteiger partial charge in [0.25, 0.3) is 0 Å². The summed E-state index contributed by atoms with van der Waals surface area (Å²) in [6.07, 6.45) is 4.18. The topological polar surface area (TPSA) is 61.7 Å².